The van der Waals surface area contributed by atoms with Gasteiger partial charge in [-0.05, 0) is 98.1 Å². The molecule has 236 valence electrons. The number of nitrogens with zero attached hydrogens (tertiary/aromatic N) is 2. The Balaban J connectivity index is 1.17. The zero-order valence-corrected chi connectivity index (χ0v) is 27.4. The molecule has 0 unspecified atom stereocenters. The van der Waals surface area contributed by atoms with Crippen LogP contribution < -0.4 is 4.90 Å². The van der Waals surface area contributed by atoms with E-state index < -0.39 is 5.41 Å². The van der Waals surface area contributed by atoms with Crippen molar-refractivity contribution < 1.29 is 0 Å². The van der Waals surface area contributed by atoms with Gasteiger partial charge < -0.3 is 10.3 Å². The van der Waals surface area contributed by atoms with Gasteiger partial charge in [0.1, 0.15) is 0 Å². The molecule has 0 fully saturated rings. The molecule has 50 heavy (non-hydrogen) atoms. The first-order valence-corrected chi connectivity index (χ1v) is 17.0. The highest BCUT2D eigenvalue weighted by atomic mass is 15.2. The lowest BCUT2D eigenvalue weighted by Gasteiger charge is -2.45. The number of hydrogen-bond donors (Lipinski definition) is 1. The lowest BCUT2D eigenvalue weighted by atomic mass is 9.64. The first-order chi connectivity index (χ1) is 24.7. The minimum atomic E-state index is -0.493. The van der Waals surface area contributed by atoms with Crippen molar-refractivity contribution in [1.29, 1.82) is 5.41 Å². The van der Waals surface area contributed by atoms with Crippen molar-refractivity contribution in [3.05, 3.63) is 222 Å². The number of anilines is 3. The fraction of sp³-hybridized carbons (Fsp3) is 0.0213. The number of rotatable bonds is 6. The van der Waals surface area contributed by atoms with Crippen molar-refractivity contribution in [3.63, 3.8) is 0 Å². The Bertz CT molecular complexity index is 2410. The summed E-state index contributed by atoms with van der Waals surface area (Å²) in [7, 11) is 0. The fourth-order valence-corrected chi connectivity index (χ4v) is 7.90. The van der Waals surface area contributed by atoms with Gasteiger partial charge in [-0.2, -0.15) is 0 Å². The number of hydrogen-bond acceptors (Lipinski definition) is 3. The van der Waals surface area contributed by atoms with Gasteiger partial charge in [0.05, 0.1) is 22.5 Å². The molecule has 0 aromatic heterocycles. The van der Waals surface area contributed by atoms with Gasteiger partial charge in [-0.1, -0.05) is 140 Å². The minimum Gasteiger partial charge on any atom is -0.310 e. The minimum absolute atomic E-state index is 0.433. The van der Waals surface area contributed by atoms with Crippen molar-refractivity contribution in [3.8, 4) is 22.3 Å². The second kappa shape index (κ2) is 12.1. The second-order valence-corrected chi connectivity index (χ2v) is 12.8. The zero-order valence-electron chi connectivity index (χ0n) is 27.4. The SMILES string of the molecule is N=C(/C=C\N=C\c1cccc(-c2ccc3c(c2)C2(c4ccccc4-3)c3ccccc3N(c3ccccc3)c3ccccc32)c1)c1ccccc1. The summed E-state index contributed by atoms with van der Waals surface area (Å²) in [5.74, 6) is 0. The van der Waals surface area contributed by atoms with Crippen LogP contribution in [-0.2, 0) is 5.41 Å². The van der Waals surface area contributed by atoms with E-state index in [2.05, 4.69) is 155 Å². The van der Waals surface area contributed by atoms with Crippen LogP contribution in [0.3, 0.4) is 0 Å². The van der Waals surface area contributed by atoms with E-state index >= 15 is 0 Å². The van der Waals surface area contributed by atoms with E-state index in [4.69, 9.17) is 5.41 Å². The van der Waals surface area contributed by atoms with Crippen LogP contribution in [0.5, 0.6) is 0 Å². The van der Waals surface area contributed by atoms with Crippen LogP contribution in [-0.4, -0.2) is 11.9 Å². The van der Waals surface area contributed by atoms with Crippen LogP contribution >= 0.6 is 0 Å². The molecular formula is C47H33N3. The van der Waals surface area contributed by atoms with Crippen LogP contribution in [0.4, 0.5) is 17.1 Å². The fourth-order valence-electron chi connectivity index (χ4n) is 7.90. The summed E-state index contributed by atoms with van der Waals surface area (Å²) in [4.78, 5) is 6.94. The summed E-state index contributed by atoms with van der Waals surface area (Å²) >= 11 is 0. The normalized spacial score (nSPS) is 13.6. The average molecular weight is 640 g/mol. The summed E-state index contributed by atoms with van der Waals surface area (Å²) < 4.78 is 0. The molecule has 1 spiro atoms. The molecule has 0 atom stereocenters. The molecule has 7 aromatic rings. The van der Waals surface area contributed by atoms with E-state index in [0.717, 1.165) is 27.9 Å². The first kappa shape index (κ1) is 29.6. The number of nitrogens with one attached hydrogen (secondary N) is 1. The standard InChI is InChI=1S/C47H33N3/c48-44(34-15-3-1-4-16-34)28-29-49-32-33-14-13-17-35(30-33)36-26-27-39-38-20-7-8-21-40(38)47(43(39)31-36)41-22-9-11-24-45(41)50(37-18-5-2-6-19-37)46-25-12-10-23-42(46)47/h1-32,48H/b29-28-,48-44?,49-32+. The molecule has 2 aliphatic rings. The molecule has 1 N–H and O–H groups in total. The summed E-state index contributed by atoms with van der Waals surface area (Å²) in [6, 6.07) is 62.7. The molecule has 9 rings (SSSR count). The molecule has 3 heteroatoms. The molecule has 0 saturated heterocycles. The van der Waals surface area contributed by atoms with Gasteiger partial charge in [-0.15, -0.1) is 0 Å². The lowest BCUT2D eigenvalue weighted by molar-refractivity contribution is 0.753. The maximum atomic E-state index is 8.33. The van der Waals surface area contributed by atoms with E-state index in [1.165, 1.54) is 44.8 Å². The maximum absolute atomic E-state index is 8.33. The zero-order chi connectivity index (χ0) is 33.5. The molecule has 0 radical (unpaired) electrons. The molecule has 0 bridgehead atoms. The third-order valence-corrected chi connectivity index (χ3v) is 10.0. The average Bonchev–Trinajstić information content (AvgIpc) is 3.47. The largest absolute Gasteiger partial charge is 0.310 e. The molecule has 0 amide bonds. The van der Waals surface area contributed by atoms with Gasteiger partial charge in [0, 0.05) is 18.1 Å². The van der Waals surface area contributed by atoms with Crippen molar-refractivity contribution >= 4 is 29.0 Å². The smallest absolute Gasteiger partial charge is 0.0754 e. The van der Waals surface area contributed by atoms with E-state index in [1.54, 1.807) is 12.3 Å². The maximum Gasteiger partial charge on any atom is 0.0754 e. The van der Waals surface area contributed by atoms with Gasteiger partial charge in [0.2, 0.25) is 0 Å². The third kappa shape index (κ3) is 4.67. The summed E-state index contributed by atoms with van der Waals surface area (Å²) in [5, 5.41) is 8.33. The van der Waals surface area contributed by atoms with Gasteiger partial charge >= 0.3 is 0 Å². The van der Waals surface area contributed by atoms with Crippen molar-refractivity contribution in [2.45, 2.75) is 5.41 Å². The summed E-state index contributed by atoms with van der Waals surface area (Å²) in [6.07, 6.45) is 5.27. The Hall–Kier alpha value is -6.58. The number of benzene rings is 7. The number of fused-ring (bicyclic) bond motifs is 9. The van der Waals surface area contributed by atoms with Gasteiger partial charge in [0.25, 0.3) is 0 Å². The first-order valence-electron chi connectivity index (χ1n) is 17.0. The monoisotopic (exact) mass is 639 g/mol. The Kier molecular flexibility index (Phi) is 7.18. The highest BCUT2D eigenvalue weighted by Gasteiger charge is 2.51. The van der Waals surface area contributed by atoms with Crippen molar-refractivity contribution in [2.24, 2.45) is 4.99 Å². The molecule has 3 nitrogen and oxygen atoms in total. The molecule has 1 aliphatic heterocycles. The van der Waals surface area contributed by atoms with Crippen LogP contribution in [0.15, 0.2) is 193 Å². The molecular weight excluding hydrogens is 607 g/mol. The summed E-state index contributed by atoms with van der Waals surface area (Å²) in [5.41, 5.74) is 15.3. The van der Waals surface area contributed by atoms with Crippen molar-refractivity contribution in [1.82, 2.24) is 0 Å². The summed E-state index contributed by atoms with van der Waals surface area (Å²) in [6.45, 7) is 0. The van der Waals surface area contributed by atoms with E-state index in [-0.39, 0.29) is 0 Å². The predicted octanol–water partition coefficient (Wildman–Crippen LogP) is 11.5. The predicted molar refractivity (Wildman–Crippen MR) is 207 cm³/mol. The van der Waals surface area contributed by atoms with Gasteiger partial charge in [-0.3, -0.25) is 4.99 Å². The van der Waals surface area contributed by atoms with E-state index in [1.807, 2.05) is 36.5 Å². The Morgan fingerprint density at radius 1 is 0.520 bits per heavy atom. The van der Waals surface area contributed by atoms with Crippen LogP contribution in [0.25, 0.3) is 22.3 Å². The highest BCUT2D eigenvalue weighted by molar-refractivity contribution is 6.06. The molecule has 1 aliphatic carbocycles. The lowest BCUT2D eigenvalue weighted by Crippen LogP contribution is -2.36. The Morgan fingerprint density at radius 2 is 1.12 bits per heavy atom. The number of para-hydroxylation sites is 3. The number of allylic oxidation sites excluding steroid dienone is 1. The molecule has 1 heterocycles. The van der Waals surface area contributed by atoms with E-state index in [0.29, 0.717) is 5.71 Å². The van der Waals surface area contributed by atoms with E-state index in [9.17, 15) is 0 Å². The number of aliphatic imine (C=N–C) groups is 1. The molecule has 0 saturated carbocycles. The Morgan fingerprint density at radius 3 is 1.86 bits per heavy atom. The van der Waals surface area contributed by atoms with Crippen LogP contribution in [0.2, 0.25) is 0 Å². The van der Waals surface area contributed by atoms with Crippen LogP contribution in [0.1, 0.15) is 33.4 Å². The second-order valence-electron chi connectivity index (χ2n) is 12.8. The third-order valence-electron chi connectivity index (χ3n) is 10.0. The van der Waals surface area contributed by atoms with Crippen molar-refractivity contribution in [2.75, 3.05) is 4.90 Å². The van der Waals surface area contributed by atoms with Gasteiger partial charge in [-0.25, -0.2) is 0 Å². The van der Waals surface area contributed by atoms with Gasteiger partial charge in [0.15, 0.2) is 0 Å². The Labute approximate surface area is 292 Å². The molecule has 7 aromatic carbocycles. The quantitative estimate of drug-likeness (QED) is 0.181. The topological polar surface area (TPSA) is 39.5 Å². The van der Waals surface area contributed by atoms with Crippen LogP contribution in [0, 0.1) is 5.41 Å². The highest BCUT2D eigenvalue weighted by Crippen LogP contribution is 2.63.